The standard InChI is InChI=1S/C28H27N5O8/c29-15-18-10-11-19(34)13-20(18)30-24(36)25(37)31-21(12-16-6-2-1-3-7-16)23(35)32-28(26(38)39)14-17-8-4-5-9-22(17)33(28)27(40)41/h1-11,13,21,34H,12,14-15,29H2,(H,30,36)(H,31,37)(H,32,35)(H,38,39)(H,40,41). The normalized spacial score (nSPS) is 16.3. The van der Waals surface area contributed by atoms with Crippen LogP contribution in [0.5, 0.6) is 5.75 Å². The Kier molecular flexibility index (Phi) is 8.19. The fourth-order valence-electron chi connectivity index (χ4n) is 4.64. The van der Waals surface area contributed by atoms with Crippen molar-refractivity contribution in [1.29, 1.82) is 0 Å². The number of fused-ring (bicyclic) bond motifs is 1. The van der Waals surface area contributed by atoms with E-state index < -0.39 is 41.5 Å². The van der Waals surface area contributed by atoms with Crippen LogP contribution in [0.1, 0.15) is 16.7 Å². The molecule has 1 aliphatic rings. The summed E-state index contributed by atoms with van der Waals surface area (Å²) in [6, 6.07) is 17.1. The van der Waals surface area contributed by atoms with Gasteiger partial charge in [-0.15, -0.1) is 0 Å². The van der Waals surface area contributed by atoms with Crippen LogP contribution in [0.4, 0.5) is 16.2 Å². The summed E-state index contributed by atoms with van der Waals surface area (Å²) in [5.41, 5.74) is 4.80. The summed E-state index contributed by atoms with van der Waals surface area (Å²) in [6.45, 7) is -0.00368. The molecule has 1 aliphatic heterocycles. The number of carbonyl (C=O) groups excluding carboxylic acids is 3. The number of amides is 4. The van der Waals surface area contributed by atoms with Gasteiger partial charge in [-0.1, -0.05) is 54.6 Å². The molecule has 2 unspecified atom stereocenters. The minimum absolute atomic E-state index is 0.00368. The second-order valence-electron chi connectivity index (χ2n) is 9.29. The smallest absolute Gasteiger partial charge is 0.414 e. The Hall–Kier alpha value is -5.43. The van der Waals surface area contributed by atoms with Gasteiger partial charge < -0.3 is 37.0 Å². The lowest BCUT2D eigenvalue weighted by molar-refractivity contribution is -0.147. The Bertz CT molecular complexity index is 1510. The summed E-state index contributed by atoms with van der Waals surface area (Å²) >= 11 is 0. The van der Waals surface area contributed by atoms with Gasteiger partial charge in [0.25, 0.3) is 0 Å². The van der Waals surface area contributed by atoms with E-state index in [1.54, 1.807) is 42.5 Å². The molecule has 0 bridgehead atoms. The van der Waals surface area contributed by atoms with Crippen molar-refractivity contribution in [3.05, 3.63) is 89.5 Å². The minimum atomic E-state index is -2.41. The van der Waals surface area contributed by atoms with Crippen LogP contribution in [-0.4, -0.2) is 56.8 Å². The fourth-order valence-corrected chi connectivity index (χ4v) is 4.64. The number of nitrogens with zero attached hydrogens (tertiary/aromatic N) is 1. The second-order valence-corrected chi connectivity index (χ2v) is 9.29. The number of carboxylic acids is 1. The Labute approximate surface area is 233 Å². The predicted octanol–water partition coefficient (Wildman–Crippen LogP) is 1.15. The lowest BCUT2D eigenvalue weighted by Crippen LogP contribution is -2.68. The van der Waals surface area contributed by atoms with Crippen LogP contribution < -0.4 is 26.6 Å². The zero-order valence-corrected chi connectivity index (χ0v) is 21.5. The van der Waals surface area contributed by atoms with E-state index >= 15 is 0 Å². The Balaban J connectivity index is 1.61. The van der Waals surface area contributed by atoms with Gasteiger partial charge in [0.1, 0.15) is 11.8 Å². The van der Waals surface area contributed by atoms with E-state index in [1.807, 2.05) is 0 Å². The molecule has 0 saturated heterocycles. The number of carboxylic acid groups (broad SMARTS) is 2. The Morgan fingerprint density at radius 2 is 1.61 bits per heavy atom. The third-order valence-electron chi connectivity index (χ3n) is 6.61. The van der Waals surface area contributed by atoms with Crippen molar-refractivity contribution in [1.82, 2.24) is 10.6 Å². The third kappa shape index (κ3) is 5.94. The zero-order chi connectivity index (χ0) is 29.7. The van der Waals surface area contributed by atoms with Crippen molar-refractivity contribution >= 4 is 41.2 Å². The first-order valence-electron chi connectivity index (χ1n) is 12.4. The summed E-state index contributed by atoms with van der Waals surface area (Å²) in [4.78, 5) is 64.6. The van der Waals surface area contributed by atoms with Gasteiger partial charge in [-0.2, -0.15) is 0 Å². The van der Waals surface area contributed by atoms with Crippen molar-refractivity contribution in [3.8, 4) is 5.75 Å². The average molecular weight is 562 g/mol. The highest BCUT2D eigenvalue weighted by atomic mass is 16.4. The first kappa shape index (κ1) is 28.6. The largest absolute Gasteiger partial charge is 0.508 e. The number of nitrogens with one attached hydrogen (secondary N) is 3. The van der Waals surface area contributed by atoms with Crippen LogP contribution in [0.3, 0.4) is 0 Å². The fraction of sp³-hybridized carbons (Fsp3) is 0.179. The summed E-state index contributed by atoms with van der Waals surface area (Å²) in [5, 5.41) is 36.8. The molecule has 212 valence electrons. The molecular weight excluding hydrogens is 534 g/mol. The lowest BCUT2D eigenvalue weighted by Gasteiger charge is -2.34. The quantitative estimate of drug-likeness (QED) is 0.196. The highest BCUT2D eigenvalue weighted by Gasteiger charge is 2.55. The molecule has 4 amide bonds. The zero-order valence-electron chi connectivity index (χ0n) is 21.5. The maximum Gasteiger partial charge on any atom is 0.414 e. The molecule has 0 aliphatic carbocycles. The van der Waals surface area contributed by atoms with Crippen molar-refractivity contribution in [2.75, 3.05) is 10.2 Å². The molecule has 3 aromatic rings. The molecule has 41 heavy (non-hydrogen) atoms. The third-order valence-corrected chi connectivity index (χ3v) is 6.61. The molecule has 0 spiro atoms. The van der Waals surface area contributed by atoms with Crippen molar-refractivity contribution in [2.45, 2.75) is 31.1 Å². The molecule has 0 aromatic heterocycles. The van der Waals surface area contributed by atoms with Crippen LogP contribution in [-0.2, 0) is 38.6 Å². The van der Waals surface area contributed by atoms with Crippen molar-refractivity contribution < 1.29 is 39.3 Å². The van der Waals surface area contributed by atoms with E-state index in [9.17, 15) is 39.3 Å². The van der Waals surface area contributed by atoms with Gasteiger partial charge in [0.15, 0.2) is 0 Å². The monoisotopic (exact) mass is 561 g/mol. The second kappa shape index (κ2) is 11.8. The van der Waals surface area contributed by atoms with Gasteiger partial charge in [0.05, 0.1) is 5.69 Å². The highest BCUT2D eigenvalue weighted by Crippen LogP contribution is 2.38. The number of anilines is 2. The number of benzene rings is 3. The molecule has 8 N–H and O–H groups in total. The van der Waals surface area contributed by atoms with Gasteiger partial charge >= 0.3 is 23.9 Å². The van der Waals surface area contributed by atoms with Gasteiger partial charge in [-0.25, -0.2) is 14.5 Å². The number of carbonyl (C=O) groups is 5. The number of phenolic OH excluding ortho intramolecular Hbond substituents is 1. The van der Waals surface area contributed by atoms with Gasteiger partial charge in [-0.05, 0) is 28.8 Å². The maximum atomic E-state index is 13.6. The number of aromatic hydroxyl groups is 1. The first-order chi connectivity index (χ1) is 19.6. The number of nitrogens with two attached hydrogens (primary N) is 1. The van der Waals surface area contributed by atoms with Crippen molar-refractivity contribution in [3.63, 3.8) is 0 Å². The minimum Gasteiger partial charge on any atom is -0.508 e. The highest BCUT2D eigenvalue weighted by molar-refractivity contribution is 6.40. The van der Waals surface area contributed by atoms with Gasteiger partial charge in [-0.3, -0.25) is 14.4 Å². The van der Waals surface area contributed by atoms with Crippen LogP contribution >= 0.6 is 0 Å². The molecule has 0 radical (unpaired) electrons. The SMILES string of the molecule is NCc1ccc(O)cc1NC(=O)C(=O)NC(Cc1ccccc1)C(=O)NC1(C(=O)O)Cc2ccccc2N1C(=O)O. The van der Waals surface area contributed by atoms with Crippen LogP contribution in [0, 0.1) is 0 Å². The van der Waals surface area contributed by atoms with Crippen LogP contribution in [0.15, 0.2) is 72.8 Å². The number of aliphatic carboxylic acids is 1. The van der Waals surface area contributed by atoms with E-state index in [0.29, 0.717) is 21.6 Å². The van der Waals surface area contributed by atoms with Crippen molar-refractivity contribution in [2.24, 2.45) is 5.73 Å². The molecule has 2 atom stereocenters. The molecule has 0 saturated carbocycles. The van der Waals surface area contributed by atoms with E-state index in [2.05, 4.69) is 16.0 Å². The van der Waals surface area contributed by atoms with E-state index in [0.717, 1.165) is 0 Å². The number of phenols is 1. The predicted molar refractivity (Wildman–Crippen MR) is 146 cm³/mol. The van der Waals surface area contributed by atoms with E-state index in [1.165, 1.54) is 30.3 Å². The maximum absolute atomic E-state index is 13.6. The Morgan fingerprint density at radius 3 is 2.27 bits per heavy atom. The van der Waals surface area contributed by atoms with E-state index in [4.69, 9.17) is 5.73 Å². The topological polar surface area (TPSA) is 211 Å². The number of hydrogen-bond donors (Lipinski definition) is 7. The summed E-state index contributed by atoms with van der Waals surface area (Å²) < 4.78 is 0. The first-order valence-corrected chi connectivity index (χ1v) is 12.4. The van der Waals surface area contributed by atoms with Gasteiger partial charge in [0.2, 0.25) is 11.6 Å². The molecular formula is C28H27N5O8. The van der Waals surface area contributed by atoms with Crippen LogP contribution in [0.25, 0.3) is 0 Å². The molecule has 13 nitrogen and oxygen atoms in total. The Morgan fingerprint density at radius 1 is 0.927 bits per heavy atom. The lowest BCUT2D eigenvalue weighted by atomic mass is 10.0. The number of rotatable bonds is 8. The number of para-hydroxylation sites is 1. The van der Waals surface area contributed by atoms with Gasteiger partial charge in [0, 0.05) is 31.1 Å². The molecule has 3 aromatic carbocycles. The number of hydrogen-bond acceptors (Lipinski definition) is 7. The molecule has 4 rings (SSSR count). The van der Waals surface area contributed by atoms with E-state index in [-0.39, 0.29) is 36.5 Å². The summed E-state index contributed by atoms with van der Waals surface area (Å²) in [5.74, 6) is -5.26. The molecule has 0 fully saturated rings. The summed E-state index contributed by atoms with van der Waals surface area (Å²) in [6.07, 6.45) is -2.13. The summed E-state index contributed by atoms with van der Waals surface area (Å²) in [7, 11) is 0. The molecule has 13 heteroatoms. The average Bonchev–Trinajstić information content (AvgIpc) is 3.28. The van der Waals surface area contributed by atoms with Crippen LogP contribution in [0.2, 0.25) is 0 Å². The molecule has 1 heterocycles.